The summed E-state index contributed by atoms with van der Waals surface area (Å²) in [5.41, 5.74) is 1.08. The lowest BCUT2D eigenvalue weighted by Crippen LogP contribution is -2.44. The zero-order valence-corrected chi connectivity index (χ0v) is 14.4. The number of ether oxygens (including phenoxy) is 2. The van der Waals surface area contributed by atoms with Gasteiger partial charge < -0.3 is 14.8 Å². The van der Waals surface area contributed by atoms with Crippen LogP contribution in [0.5, 0.6) is 11.5 Å². The standard InChI is InChI=1S/C17H23ClN2O3/c1-3-23-16-13(18)7-11(8-15(16)22-2)10-20-6-4-5-12-14(20)9-19-17(12)21/h7-8,12,14H,3-6,9-10H2,1-2H3,(H,19,21)/t12-,14-/m1/s1. The molecule has 1 aromatic carbocycles. The Kier molecular flexibility index (Phi) is 4.97. The van der Waals surface area contributed by atoms with Gasteiger partial charge in [-0.15, -0.1) is 0 Å². The van der Waals surface area contributed by atoms with Gasteiger partial charge in [0.1, 0.15) is 0 Å². The summed E-state index contributed by atoms with van der Waals surface area (Å²) in [6, 6.07) is 4.20. The van der Waals surface area contributed by atoms with E-state index in [1.54, 1.807) is 7.11 Å². The molecule has 5 nitrogen and oxygen atoms in total. The molecule has 0 bridgehead atoms. The molecule has 2 atom stereocenters. The molecule has 2 saturated heterocycles. The van der Waals surface area contributed by atoms with Crippen molar-refractivity contribution in [2.75, 3.05) is 26.8 Å². The first-order valence-electron chi connectivity index (χ1n) is 8.15. The van der Waals surface area contributed by atoms with Gasteiger partial charge in [-0.05, 0) is 44.0 Å². The average molecular weight is 339 g/mol. The van der Waals surface area contributed by atoms with Crippen molar-refractivity contribution in [1.29, 1.82) is 0 Å². The third kappa shape index (κ3) is 3.26. The highest BCUT2D eigenvalue weighted by Gasteiger charge is 2.40. The highest BCUT2D eigenvalue weighted by atomic mass is 35.5. The number of carbonyl (C=O) groups is 1. The number of carbonyl (C=O) groups excluding carboxylic acids is 1. The Bertz CT molecular complexity index is 593. The monoisotopic (exact) mass is 338 g/mol. The van der Waals surface area contributed by atoms with Crippen molar-refractivity contribution < 1.29 is 14.3 Å². The lowest BCUT2D eigenvalue weighted by Gasteiger charge is -2.36. The third-order valence-electron chi connectivity index (χ3n) is 4.68. The molecule has 0 spiro atoms. The molecule has 3 rings (SSSR count). The van der Waals surface area contributed by atoms with E-state index in [0.717, 1.165) is 38.0 Å². The maximum absolute atomic E-state index is 11.9. The molecule has 2 heterocycles. The van der Waals surface area contributed by atoms with E-state index in [9.17, 15) is 4.79 Å². The first-order chi connectivity index (χ1) is 11.1. The Balaban J connectivity index is 1.79. The summed E-state index contributed by atoms with van der Waals surface area (Å²) in [6.07, 6.45) is 2.04. The molecule has 1 amide bonds. The van der Waals surface area contributed by atoms with Crippen LogP contribution in [-0.2, 0) is 11.3 Å². The van der Waals surface area contributed by atoms with Gasteiger partial charge in [-0.1, -0.05) is 11.6 Å². The molecule has 0 unspecified atom stereocenters. The highest BCUT2D eigenvalue weighted by Crippen LogP contribution is 2.37. The van der Waals surface area contributed by atoms with E-state index in [2.05, 4.69) is 10.2 Å². The van der Waals surface area contributed by atoms with E-state index in [4.69, 9.17) is 21.1 Å². The van der Waals surface area contributed by atoms with Crippen LogP contribution in [0.15, 0.2) is 12.1 Å². The van der Waals surface area contributed by atoms with Crippen LogP contribution in [0.4, 0.5) is 0 Å². The quantitative estimate of drug-likeness (QED) is 0.896. The zero-order valence-electron chi connectivity index (χ0n) is 13.6. The van der Waals surface area contributed by atoms with E-state index < -0.39 is 0 Å². The van der Waals surface area contributed by atoms with Crippen LogP contribution in [-0.4, -0.2) is 43.7 Å². The predicted octanol–water partition coefficient (Wildman–Crippen LogP) is 2.46. The number of likely N-dealkylation sites (tertiary alicyclic amines) is 1. The lowest BCUT2D eigenvalue weighted by molar-refractivity contribution is -0.124. The summed E-state index contributed by atoms with van der Waals surface area (Å²) in [5, 5.41) is 3.55. The van der Waals surface area contributed by atoms with Gasteiger partial charge in [-0.25, -0.2) is 0 Å². The Morgan fingerprint density at radius 1 is 1.43 bits per heavy atom. The van der Waals surface area contributed by atoms with Gasteiger partial charge in [-0.2, -0.15) is 0 Å². The minimum absolute atomic E-state index is 0.129. The maximum atomic E-state index is 11.9. The molecule has 126 valence electrons. The number of fused-ring (bicyclic) bond motifs is 1. The van der Waals surface area contributed by atoms with E-state index in [1.165, 1.54) is 0 Å². The molecule has 0 aliphatic carbocycles. The largest absolute Gasteiger partial charge is 0.493 e. The Labute approximate surface area is 141 Å². The van der Waals surface area contributed by atoms with Crippen LogP contribution in [0.25, 0.3) is 0 Å². The van der Waals surface area contributed by atoms with Gasteiger partial charge in [0.15, 0.2) is 11.5 Å². The average Bonchev–Trinajstić information content (AvgIpc) is 2.92. The number of nitrogens with zero attached hydrogens (tertiary/aromatic N) is 1. The number of halogens is 1. The first kappa shape index (κ1) is 16.4. The topological polar surface area (TPSA) is 50.8 Å². The van der Waals surface area contributed by atoms with Gasteiger partial charge in [-0.3, -0.25) is 9.69 Å². The molecule has 1 aromatic rings. The minimum atomic E-state index is 0.129. The number of nitrogens with one attached hydrogen (secondary N) is 1. The molecule has 2 aliphatic heterocycles. The molecule has 0 radical (unpaired) electrons. The SMILES string of the molecule is CCOc1c(Cl)cc(CN2CCC[C@H]3C(=O)NC[C@H]32)cc1OC. The zero-order chi connectivity index (χ0) is 16.4. The predicted molar refractivity (Wildman–Crippen MR) is 89.1 cm³/mol. The van der Waals surface area contributed by atoms with Crippen molar-refractivity contribution >= 4 is 17.5 Å². The second kappa shape index (κ2) is 6.97. The molecule has 0 saturated carbocycles. The fourth-order valence-corrected chi connectivity index (χ4v) is 3.91. The summed E-state index contributed by atoms with van der Waals surface area (Å²) in [4.78, 5) is 14.3. The Morgan fingerprint density at radius 3 is 3.00 bits per heavy atom. The number of rotatable bonds is 5. The van der Waals surface area contributed by atoms with Crippen LogP contribution in [0.1, 0.15) is 25.3 Å². The first-order valence-corrected chi connectivity index (χ1v) is 8.52. The van der Waals surface area contributed by atoms with E-state index in [0.29, 0.717) is 23.1 Å². The van der Waals surface area contributed by atoms with Gasteiger partial charge in [0, 0.05) is 19.1 Å². The van der Waals surface area contributed by atoms with Crippen molar-refractivity contribution in [3.8, 4) is 11.5 Å². The molecule has 2 aliphatic rings. The highest BCUT2D eigenvalue weighted by molar-refractivity contribution is 6.32. The second-order valence-corrected chi connectivity index (χ2v) is 6.48. The number of hydrogen-bond donors (Lipinski definition) is 1. The van der Waals surface area contributed by atoms with E-state index in [-0.39, 0.29) is 17.9 Å². The molecule has 23 heavy (non-hydrogen) atoms. The lowest BCUT2D eigenvalue weighted by atomic mass is 9.91. The van der Waals surface area contributed by atoms with Crippen LogP contribution in [0, 0.1) is 5.92 Å². The number of hydrogen-bond acceptors (Lipinski definition) is 4. The molecule has 2 fully saturated rings. The molecular weight excluding hydrogens is 316 g/mol. The third-order valence-corrected chi connectivity index (χ3v) is 4.96. The number of piperidine rings is 1. The van der Waals surface area contributed by atoms with Gasteiger partial charge in [0.25, 0.3) is 0 Å². The van der Waals surface area contributed by atoms with Crippen molar-refractivity contribution in [1.82, 2.24) is 10.2 Å². The van der Waals surface area contributed by atoms with E-state index in [1.807, 2.05) is 19.1 Å². The fourth-order valence-electron chi connectivity index (χ4n) is 3.62. The second-order valence-electron chi connectivity index (χ2n) is 6.07. The normalized spacial score (nSPS) is 24.2. The number of methoxy groups -OCH3 is 1. The molecule has 6 heteroatoms. The summed E-state index contributed by atoms with van der Waals surface area (Å²) in [6.45, 7) is 4.97. The molecular formula is C17H23ClN2O3. The molecule has 0 aromatic heterocycles. The summed E-state index contributed by atoms with van der Waals surface area (Å²) in [7, 11) is 1.62. The van der Waals surface area contributed by atoms with E-state index >= 15 is 0 Å². The van der Waals surface area contributed by atoms with Crippen molar-refractivity contribution in [3.63, 3.8) is 0 Å². The van der Waals surface area contributed by atoms with Crippen LogP contribution >= 0.6 is 11.6 Å². The molecule has 1 N–H and O–H groups in total. The number of amides is 1. The van der Waals surface area contributed by atoms with Crippen LogP contribution < -0.4 is 14.8 Å². The van der Waals surface area contributed by atoms with Crippen molar-refractivity contribution in [2.45, 2.75) is 32.4 Å². The van der Waals surface area contributed by atoms with Crippen LogP contribution in [0.3, 0.4) is 0 Å². The summed E-state index contributed by atoms with van der Waals surface area (Å²) < 4.78 is 11.0. The van der Waals surface area contributed by atoms with Crippen molar-refractivity contribution in [2.24, 2.45) is 5.92 Å². The fraction of sp³-hybridized carbons (Fsp3) is 0.588. The summed E-state index contributed by atoms with van der Waals surface area (Å²) in [5.74, 6) is 1.57. The Morgan fingerprint density at radius 2 is 2.26 bits per heavy atom. The number of benzene rings is 1. The minimum Gasteiger partial charge on any atom is -0.493 e. The Hall–Kier alpha value is -1.46. The maximum Gasteiger partial charge on any atom is 0.224 e. The van der Waals surface area contributed by atoms with Crippen molar-refractivity contribution in [3.05, 3.63) is 22.7 Å². The van der Waals surface area contributed by atoms with Gasteiger partial charge in [0.2, 0.25) is 5.91 Å². The van der Waals surface area contributed by atoms with Crippen LogP contribution in [0.2, 0.25) is 5.02 Å². The van der Waals surface area contributed by atoms with Gasteiger partial charge >= 0.3 is 0 Å². The van der Waals surface area contributed by atoms with Gasteiger partial charge in [0.05, 0.1) is 24.7 Å². The summed E-state index contributed by atoms with van der Waals surface area (Å²) >= 11 is 6.35. The smallest absolute Gasteiger partial charge is 0.224 e.